The number of hydrazine groups is 1. The van der Waals surface area contributed by atoms with Crippen LogP contribution in [-0.4, -0.2) is 19.9 Å². The minimum absolute atomic E-state index is 0.270. The van der Waals surface area contributed by atoms with E-state index in [2.05, 4.69) is 10.1 Å². The van der Waals surface area contributed by atoms with Gasteiger partial charge in [-0.05, 0) is 30.4 Å². The fraction of sp³-hybridized carbons (Fsp3) is 0.455. The van der Waals surface area contributed by atoms with Gasteiger partial charge in [-0.15, -0.1) is 0 Å². The summed E-state index contributed by atoms with van der Waals surface area (Å²) < 4.78 is 26.7. The standard InChI is InChI=1S/C11H16N4O4S/c1-7-4-8(7)6-13-20(18,19)11-3-2-9(14-12)5-10(11)15(16)17/h2-3,5,7-8,13-14H,4,6,12H2,1H3. The largest absolute Gasteiger partial charge is 0.324 e. The van der Waals surface area contributed by atoms with Gasteiger partial charge in [-0.1, -0.05) is 6.92 Å². The molecular formula is C11H16N4O4S. The van der Waals surface area contributed by atoms with Crippen molar-refractivity contribution in [3.8, 4) is 0 Å². The van der Waals surface area contributed by atoms with Crippen molar-refractivity contribution in [3.05, 3.63) is 28.3 Å². The van der Waals surface area contributed by atoms with Crippen LogP contribution < -0.4 is 16.0 Å². The van der Waals surface area contributed by atoms with Gasteiger partial charge in [0.05, 0.1) is 10.6 Å². The number of benzene rings is 1. The number of nitro benzene ring substituents is 1. The zero-order valence-corrected chi connectivity index (χ0v) is 11.7. The van der Waals surface area contributed by atoms with Gasteiger partial charge >= 0.3 is 0 Å². The van der Waals surface area contributed by atoms with Crippen molar-refractivity contribution in [2.75, 3.05) is 12.0 Å². The van der Waals surface area contributed by atoms with Crippen molar-refractivity contribution < 1.29 is 13.3 Å². The second-order valence-corrected chi connectivity index (χ2v) is 6.64. The normalized spacial score (nSPS) is 21.5. The van der Waals surface area contributed by atoms with E-state index >= 15 is 0 Å². The van der Waals surface area contributed by atoms with Crippen molar-refractivity contribution in [2.24, 2.45) is 17.7 Å². The molecule has 0 saturated heterocycles. The fourth-order valence-corrected chi connectivity index (χ4v) is 3.20. The van der Waals surface area contributed by atoms with Crippen molar-refractivity contribution in [2.45, 2.75) is 18.2 Å². The molecule has 1 saturated carbocycles. The lowest BCUT2D eigenvalue weighted by Crippen LogP contribution is -2.27. The third-order valence-electron chi connectivity index (χ3n) is 3.42. The van der Waals surface area contributed by atoms with Gasteiger partial charge in [-0.3, -0.25) is 16.0 Å². The van der Waals surface area contributed by atoms with Crippen LogP contribution >= 0.6 is 0 Å². The Bertz CT molecular complexity index is 631. The number of rotatable bonds is 6. The van der Waals surface area contributed by atoms with E-state index in [9.17, 15) is 18.5 Å². The highest BCUT2D eigenvalue weighted by atomic mass is 32.2. The number of nitrogens with zero attached hydrogens (tertiary/aromatic N) is 1. The first-order valence-corrected chi connectivity index (χ1v) is 7.58. The van der Waals surface area contributed by atoms with E-state index in [-0.39, 0.29) is 10.6 Å². The lowest BCUT2D eigenvalue weighted by atomic mass is 10.3. The summed E-state index contributed by atoms with van der Waals surface area (Å²) in [5.74, 6) is 5.97. The number of nitro groups is 1. The minimum Gasteiger partial charge on any atom is -0.324 e. The van der Waals surface area contributed by atoms with Gasteiger partial charge in [0.15, 0.2) is 4.90 Å². The maximum absolute atomic E-state index is 12.1. The molecule has 20 heavy (non-hydrogen) atoms. The molecule has 0 heterocycles. The molecule has 8 nitrogen and oxygen atoms in total. The first-order chi connectivity index (χ1) is 9.35. The highest BCUT2D eigenvalue weighted by molar-refractivity contribution is 7.89. The predicted molar refractivity (Wildman–Crippen MR) is 73.4 cm³/mol. The molecule has 4 N–H and O–H groups in total. The van der Waals surface area contributed by atoms with Crippen molar-refractivity contribution in [3.63, 3.8) is 0 Å². The zero-order valence-electron chi connectivity index (χ0n) is 10.9. The molecule has 1 aliphatic carbocycles. The second-order valence-electron chi connectivity index (χ2n) is 4.91. The molecule has 0 spiro atoms. The molecule has 9 heteroatoms. The molecule has 1 aliphatic rings. The van der Waals surface area contributed by atoms with Gasteiger partial charge in [0, 0.05) is 12.6 Å². The van der Waals surface area contributed by atoms with Crippen LogP contribution in [-0.2, 0) is 10.0 Å². The Hall–Kier alpha value is -1.71. The Kier molecular flexibility index (Phi) is 3.93. The average molecular weight is 300 g/mol. The SMILES string of the molecule is CC1CC1CNS(=O)(=O)c1ccc(NN)cc1[N+](=O)[O-]. The summed E-state index contributed by atoms with van der Waals surface area (Å²) in [6.45, 7) is 2.33. The van der Waals surface area contributed by atoms with E-state index in [1.54, 1.807) is 0 Å². The molecule has 1 fully saturated rings. The smallest absolute Gasteiger partial charge is 0.291 e. The summed E-state index contributed by atoms with van der Waals surface area (Å²) in [6, 6.07) is 3.64. The molecular weight excluding hydrogens is 284 g/mol. The monoisotopic (exact) mass is 300 g/mol. The van der Waals surface area contributed by atoms with Crippen molar-refractivity contribution in [1.29, 1.82) is 0 Å². The number of hydrogen-bond donors (Lipinski definition) is 3. The third-order valence-corrected chi connectivity index (χ3v) is 4.89. The van der Waals surface area contributed by atoms with E-state index in [1.165, 1.54) is 12.1 Å². The van der Waals surface area contributed by atoms with Gasteiger partial charge in [-0.2, -0.15) is 0 Å². The number of sulfonamides is 1. The van der Waals surface area contributed by atoms with Crippen LogP contribution in [0.25, 0.3) is 0 Å². The van der Waals surface area contributed by atoms with Gasteiger partial charge in [0.2, 0.25) is 10.0 Å². The van der Waals surface area contributed by atoms with Gasteiger partial charge in [0.1, 0.15) is 0 Å². The summed E-state index contributed by atoms with van der Waals surface area (Å²) in [6.07, 6.45) is 0.973. The maximum Gasteiger partial charge on any atom is 0.291 e. The Balaban J connectivity index is 2.27. The van der Waals surface area contributed by atoms with Crippen molar-refractivity contribution >= 4 is 21.4 Å². The predicted octanol–water partition coefficient (Wildman–Crippen LogP) is 0.815. The maximum atomic E-state index is 12.1. The van der Waals surface area contributed by atoms with Crippen LogP contribution in [0.3, 0.4) is 0 Å². The summed E-state index contributed by atoms with van der Waals surface area (Å²) in [5, 5.41) is 11.0. The van der Waals surface area contributed by atoms with E-state index in [4.69, 9.17) is 5.84 Å². The van der Waals surface area contributed by atoms with Gasteiger partial charge < -0.3 is 5.43 Å². The highest BCUT2D eigenvalue weighted by Crippen LogP contribution is 2.37. The number of nitrogen functional groups attached to an aromatic ring is 1. The minimum atomic E-state index is -3.90. The summed E-state index contributed by atoms with van der Waals surface area (Å²) in [4.78, 5) is 9.89. The number of anilines is 1. The van der Waals surface area contributed by atoms with E-state index < -0.39 is 20.6 Å². The third kappa shape index (κ3) is 3.06. The second kappa shape index (κ2) is 5.35. The first kappa shape index (κ1) is 14.7. The van der Waals surface area contributed by atoms with Crippen molar-refractivity contribution in [1.82, 2.24) is 4.72 Å². The molecule has 110 valence electrons. The quantitative estimate of drug-likeness (QED) is 0.405. The lowest BCUT2D eigenvalue weighted by molar-refractivity contribution is -0.387. The molecule has 2 rings (SSSR count). The Labute approximate surface area is 116 Å². The number of nitrogens with two attached hydrogens (primary N) is 1. The van der Waals surface area contributed by atoms with E-state index in [1.807, 2.05) is 6.92 Å². The van der Waals surface area contributed by atoms with Crippen LogP contribution in [0.15, 0.2) is 23.1 Å². The number of nitrogens with one attached hydrogen (secondary N) is 2. The van der Waals surface area contributed by atoms with Crippen LogP contribution in [0, 0.1) is 22.0 Å². The average Bonchev–Trinajstić information content (AvgIpc) is 3.12. The molecule has 2 atom stereocenters. The molecule has 1 aromatic carbocycles. The first-order valence-electron chi connectivity index (χ1n) is 6.10. The molecule has 0 amide bonds. The molecule has 1 aromatic rings. The summed E-state index contributed by atoms with van der Waals surface area (Å²) in [7, 11) is -3.90. The van der Waals surface area contributed by atoms with Crippen LogP contribution in [0.1, 0.15) is 13.3 Å². The zero-order chi connectivity index (χ0) is 14.9. The van der Waals surface area contributed by atoms with Gasteiger partial charge in [0.25, 0.3) is 5.69 Å². The molecule has 0 bridgehead atoms. The Morgan fingerprint density at radius 1 is 1.50 bits per heavy atom. The van der Waals surface area contributed by atoms with E-state index in [0.717, 1.165) is 12.5 Å². The topological polar surface area (TPSA) is 127 Å². The van der Waals surface area contributed by atoms with Crippen LogP contribution in [0.4, 0.5) is 11.4 Å². The summed E-state index contributed by atoms with van der Waals surface area (Å²) in [5.41, 5.74) is 2.01. The number of hydrogen-bond acceptors (Lipinski definition) is 6. The van der Waals surface area contributed by atoms with Crippen LogP contribution in [0.2, 0.25) is 0 Å². The van der Waals surface area contributed by atoms with Gasteiger partial charge in [-0.25, -0.2) is 13.1 Å². The lowest BCUT2D eigenvalue weighted by Gasteiger charge is -2.08. The molecule has 2 unspecified atom stereocenters. The molecule has 0 aliphatic heterocycles. The Morgan fingerprint density at radius 3 is 2.65 bits per heavy atom. The molecule has 0 radical (unpaired) electrons. The van der Waals surface area contributed by atoms with Crippen LogP contribution in [0.5, 0.6) is 0 Å². The Morgan fingerprint density at radius 2 is 2.15 bits per heavy atom. The highest BCUT2D eigenvalue weighted by Gasteiger charge is 2.34. The van der Waals surface area contributed by atoms with E-state index in [0.29, 0.717) is 18.4 Å². The fourth-order valence-electron chi connectivity index (χ4n) is 1.96. The molecule has 0 aromatic heterocycles. The summed E-state index contributed by atoms with van der Waals surface area (Å²) >= 11 is 0.